The van der Waals surface area contributed by atoms with Crippen LogP contribution in [0.1, 0.15) is 20.3 Å². The fourth-order valence-corrected chi connectivity index (χ4v) is 1.79. The molecular weight excluding hydrogens is 218 g/mol. The van der Waals surface area contributed by atoms with Gasteiger partial charge in [0, 0.05) is 26.2 Å². The molecule has 1 heterocycles. The van der Waals surface area contributed by atoms with Crippen LogP contribution in [0, 0.1) is 5.92 Å². The highest BCUT2D eigenvalue weighted by molar-refractivity contribution is 5.81. The fraction of sp³-hybridized carbons (Fsp3) is 0.917. The van der Waals surface area contributed by atoms with E-state index in [0.717, 1.165) is 39.3 Å². The van der Waals surface area contributed by atoms with E-state index in [-0.39, 0.29) is 17.9 Å². The van der Waals surface area contributed by atoms with Gasteiger partial charge >= 0.3 is 0 Å². The van der Waals surface area contributed by atoms with Gasteiger partial charge in [-0.1, -0.05) is 20.3 Å². The van der Waals surface area contributed by atoms with Gasteiger partial charge in [0.05, 0.1) is 19.3 Å². The fourth-order valence-electron chi connectivity index (χ4n) is 1.79. The number of carbonyl (C=O) groups excluding carboxylic acids is 1. The molecule has 1 fully saturated rings. The molecule has 1 aliphatic rings. The van der Waals surface area contributed by atoms with Crippen LogP contribution in [0.25, 0.3) is 0 Å². The molecule has 0 aromatic heterocycles. The Labute approximate surface area is 104 Å². The third-order valence-electron chi connectivity index (χ3n) is 3.39. The lowest BCUT2D eigenvalue weighted by Crippen LogP contribution is -2.47. The number of amides is 1. The van der Waals surface area contributed by atoms with Crippen LogP contribution in [0.3, 0.4) is 0 Å². The first-order valence-electron chi connectivity index (χ1n) is 6.48. The van der Waals surface area contributed by atoms with Crippen molar-refractivity contribution in [2.45, 2.75) is 26.3 Å². The van der Waals surface area contributed by atoms with Crippen LogP contribution < -0.4 is 11.1 Å². The highest BCUT2D eigenvalue weighted by Gasteiger charge is 2.19. The van der Waals surface area contributed by atoms with Gasteiger partial charge in [-0.2, -0.15) is 0 Å². The van der Waals surface area contributed by atoms with Gasteiger partial charge < -0.3 is 15.8 Å². The molecule has 5 heteroatoms. The second-order valence-corrected chi connectivity index (χ2v) is 4.66. The zero-order valence-electron chi connectivity index (χ0n) is 10.9. The zero-order chi connectivity index (χ0) is 12.7. The first-order chi connectivity index (χ1) is 8.15. The van der Waals surface area contributed by atoms with E-state index in [1.54, 1.807) is 0 Å². The molecule has 1 aliphatic heterocycles. The number of nitrogens with zero attached hydrogens (tertiary/aromatic N) is 1. The van der Waals surface area contributed by atoms with Gasteiger partial charge in [-0.25, -0.2) is 0 Å². The number of ether oxygens (including phenoxy) is 1. The van der Waals surface area contributed by atoms with E-state index in [2.05, 4.69) is 10.2 Å². The van der Waals surface area contributed by atoms with Gasteiger partial charge in [-0.15, -0.1) is 0 Å². The van der Waals surface area contributed by atoms with Crippen molar-refractivity contribution >= 4 is 5.91 Å². The maximum absolute atomic E-state index is 11.7. The van der Waals surface area contributed by atoms with E-state index in [0.29, 0.717) is 6.54 Å². The molecule has 3 N–H and O–H groups in total. The summed E-state index contributed by atoms with van der Waals surface area (Å²) in [7, 11) is 0. The van der Waals surface area contributed by atoms with Gasteiger partial charge in [0.1, 0.15) is 0 Å². The average Bonchev–Trinajstić information content (AvgIpc) is 2.38. The highest BCUT2D eigenvalue weighted by atomic mass is 16.5. The third-order valence-corrected chi connectivity index (χ3v) is 3.39. The van der Waals surface area contributed by atoms with Crippen molar-refractivity contribution in [3.05, 3.63) is 0 Å². The summed E-state index contributed by atoms with van der Waals surface area (Å²) < 4.78 is 5.26. The van der Waals surface area contributed by atoms with Gasteiger partial charge in [0.25, 0.3) is 0 Å². The Morgan fingerprint density at radius 2 is 2.12 bits per heavy atom. The molecule has 1 saturated heterocycles. The largest absolute Gasteiger partial charge is 0.379 e. The van der Waals surface area contributed by atoms with Crippen molar-refractivity contribution in [3.8, 4) is 0 Å². The molecule has 1 amide bonds. The third kappa shape index (κ3) is 5.02. The summed E-state index contributed by atoms with van der Waals surface area (Å²) >= 11 is 0. The molecule has 2 atom stereocenters. The Morgan fingerprint density at radius 1 is 1.47 bits per heavy atom. The van der Waals surface area contributed by atoms with Crippen molar-refractivity contribution in [3.63, 3.8) is 0 Å². The van der Waals surface area contributed by atoms with Crippen LogP contribution in [0.2, 0.25) is 0 Å². The van der Waals surface area contributed by atoms with Crippen molar-refractivity contribution < 1.29 is 9.53 Å². The van der Waals surface area contributed by atoms with Crippen LogP contribution in [-0.4, -0.2) is 56.2 Å². The van der Waals surface area contributed by atoms with Crippen LogP contribution >= 0.6 is 0 Å². The Balaban J connectivity index is 2.14. The molecule has 1 rings (SSSR count). The quantitative estimate of drug-likeness (QED) is 0.678. The van der Waals surface area contributed by atoms with Crippen LogP contribution in [-0.2, 0) is 9.53 Å². The summed E-state index contributed by atoms with van der Waals surface area (Å²) in [6, 6.07) is -0.385. The minimum Gasteiger partial charge on any atom is -0.379 e. The Bertz CT molecular complexity index is 230. The molecule has 17 heavy (non-hydrogen) atoms. The number of hydrogen-bond acceptors (Lipinski definition) is 4. The smallest absolute Gasteiger partial charge is 0.237 e. The minimum absolute atomic E-state index is 0.0346. The second kappa shape index (κ2) is 7.63. The van der Waals surface area contributed by atoms with Crippen molar-refractivity contribution in [2.24, 2.45) is 11.7 Å². The summed E-state index contributed by atoms with van der Waals surface area (Å²) in [4.78, 5) is 14.0. The molecule has 5 nitrogen and oxygen atoms in total. The molecule has 0 saturated carbocycles. The number of nitrogens with two attached hydrogens (primary N) is 1. The van der Waals surface area contributed by atoms with Crippen LogP contribution in [0.5, 0.6) is 0 Å². The molecule has 0 spiro atoms. The zero-order valence-corrected chi connectivity index (χ0v) is 10.9. The van der Waals surface area contributed by atoms with Gasteiger partial charge in [-0.3, -0.25) is 9.69 Å². The van der Waals surface area contributed by atoms with Crippen LogP contribution in [0.15, 0.2) is 0 Å². The normalized spacial score (nSPS) is 20.9. The second-order valence-electron chi connectivity index (χ2n) is 4.66. The molecule has 0 unspecified atom stereocenters. The van der Waals surface area contributed by atoms with Crippen molar-refractivity contribution in [1.29, 1.82) is 0 Å². The number of carbonyl (C=O) groups is 1. The van der Waals surface area contributed by atoms with E-state index < -0.39 is 0 Å². The van der Waals surface area contributed by atoms with Crippen LogP contribution in [0.4, 0.5) is 0 Å². The standard InChI is InChI=1S/C12H25N3O2/c1-3-10(2)11(13)12(16)14-4-5-15-6-8-17-9-7-15/h10-11H,3-9,13H2,1-2H3,(H,14,16)/t10-,11-/m0/s1. The van der Waals surface area contributed by atoms with Gasteiger partial charge in [0.15, 0.2) is 0 Å². The molecule has 0 aromatic carbocycles. The van der Waals surface area contributed by atoms with E-state index in [1.165, 1.54) is 0 Å². The lowest BCUT2D eigenvalue weighted by molar-refractivity contribution is -0.123. The lowest BCUT2D eigenvalue weighted by Gasteiger charge is -2.27. The summed E-state index contributed by atoms with van der Waals surface area (Å²) in [6.07, 6.45) is 0.929. The van der Waals surface area contributed by atoms with E-state index in [9.17, 15) is 4.79 Å². The SMILES string of the molecule is CC[C@H](C)[C@H](N)C(=O)NCCN1CCOCC1. The van der Waals surface area contributed by atoms with Crippen molar-refractivity contribution in [2.75, 3.05) is 39.4 Å². The van der Waals surface area contributed by atoms with E-state index in [4.69, 9.17) is 10.5 Å². The summed E-state index contributed by atoms with van der Waals surface area (Å²) in [6.45, 7) is 9.09. The predicted molar refractivity (Wildman–Crippen MR) is 67.7 cm³/mol. The summed E-state index contributed by atoms with van der Waals surface area (Å²) in [5, 5.41) is 2.90. The molecule has 0 radical (unpaired) electrons. The maximum Gasteiger partial charge on any atom is 0.237 e. The summed E-state index contributed by atoms with van der Waals surface area (Å²) in [5.74, 6) is 0.200. The predicted octanol–water partition coefficient (Wildman–Crippen LogP) is -0.192. The lowest BCUT2D eigenvalue weighted by atomic mass is 9.99. The molecular formula is C12H25N3O2. The monoisotopic (exact) mass is 243 g/mol. The Morgan fingerprint density at radius 3 is 2.71 bits per heavy atom. The summed E-state index contributed by atoms with van der Waals surface area (Å²) in [5.41, 5.74) is 5.84. The number of rotatable bonds is 6. The Hall–Kier alpha value is -0.650. The average molecular weight is 243 g/mol. The van der Waals surface area contributed by atoms with Gasteiger partial charge in [0.2, 0.25) is 5.91 Å². The highest BCUT2D eigenvalue weighted by Crippen LogP contribution is 2.04. The first-order valence-corrected chi connectivity index (χ1v) is 6.48. The number of morpholine rings is 1. The molecule has 0 bridgehead atoms. The molecule has 100 valence electrons. The molecule has 0 aromatic rings. The number of nitrogens with one attached hydrogen (secondary N) is 1. The van der Waals surface area contributed by atoms with E-state index >= 15 is 0 Å². The topological polar surface area (TPSA) is 67.6 Å². The first kappa shape index (κ1) is 14.4. The number of hydrogen-bond donors (Lipinski definition) is 2. The van der Waals surface area contributed by atoms with Crippen molar-refractivity contribution in [1.82, 2.24) is 10.2 Å². The van der Waals surface area contributed by atoms with Gasteiger partial charge in [-0.05, 0) is 5.92 Å². The molecule has 0 aliphatic carbocycles. The maximum atomic E-state index is 11.7. The van der Waals surface area contributed by atoms with E-state index in [1.807, 2.05) is 13.8 Å². The minimum atomic E-state index is -0.385. The Kier molecular flexibility index (Phi) is 6.47.